The molecular weight excluding hydrogens is 225 g/mol. The molecule has 5 heteroatoms. The fraction of sp³-hybridized carbons (Fsp3) is 0.222. The van der Waals surface area contributed by atoms with Crippen molar-refractivity contribution in [1.29, 1.82) is 0 Å². The maximum absolute atomic E-state index is 12.9. The van der Waals surface area contributed by atoms with Crippen molar-refractivity contribution in [3.63, 3.8) is 0 Å². The first-order chi connectivity index (χ1) is 6.65. The van der Waals surface area contributed by atoms with Gasteiger partial charge >= 0.3 is 0 Å². The number of thiol groups is 1. The lowest BCUT2D eigenvalue weighted by atomic mass is 10.3. The van der Waals surface area contributed by atoms with Crippen LogP contribution >= 0.6 is 24.2 Å². The highest BCUT2D eigenvalue weighted by molar-refractivity contribution is 7.80. The number of hydrogen-bond acceptors (Lipinski definition) is 2. The maximum atomic E-state index is 12.9. The first-order valence-electron chi connectivity index (χ1n) is 4.00. The van der Waals surface area contributed by atoms with Crippen molar-refractivity contribution < 1.29 is 9.18 Å². The Morgan fingerprint density at radius 2 is 2.29 bits per heavy atom. The van der Waals surface area contributed by atoms with E-state index in [9.17, 15) is 9.18 Å². The third-order valence-corrected chi connectivity index (χ3v) is 2.17. The summed E-state index contributed by atoms with van der Waals surface area (Å²) in [5.41, 5.74) is 0.290. The van der Waals surface area contributed by atoms with Crippen LogP contribution in [0.2, 0.25) is 5.02 Å². The van der Waals surface area contributed by atoms with Crippen molar-refractivity contribution in [2.45, 2.75) is 6.42 Å². The number of rotatable bonds is 3. The summed E-state index contributed by atoms with van der Waals surface area (Å²) in [5, 5.41) is 2.42. The zero-order chi connectivity index (χ0) is 10.6. The van der Waals surface area contributed by atoms with Crippen LogP contribution in [0.1, 0.15) is 6.42 Å². The molecule has 0 aliphatic rings. The van der Waals surface area contributed by atoms with Crippen LogP contribution in [-0.2, 0) is 4.79 Å². The molecule has 0 aliphatic heterocycles. The first kappa shape index (κ1) is 11.3. The maximum Gasteiger partial charge on any atom is 0.225 e. The summed E-state index contributed by atoms with van der Waals surface area (Å²) in [7, 11) is 0. The summed E-state index contributed by atoms with van der Waals surface area (Å²) in [5.74, 6) is -0.332. The van der Waals surface area contributed by atoms with Crippen molar-refractivity contribution in [1.82, 2.24) is 0 Å². The van der Waals surface area contributed by atoms with Crippen molar-refractivity contribution in [3.8, 4) is 0 Å². The van der Waals surface area contributed by atoms with Crippen LogP contribution in [0.25, 0.3) is 0 Å². The summed E-state index contributed by atoms with van der Waals surface area (Å²) in [6.45, 7) is 0. The van der Waals surface area contributed by atoms with Crippen LogP contribution in [-0.4, -0.2) is 11.7 Å². The molecule has 76 valence electrons. The molecule has 0 saturated carbocycles. The van der Waals surface area contributed by atoms with Gasteiger partial charge in [0.2, 0.25) is 5.91 Å². The number of carbonyl (C=O) groups excluding carboxylic acids is 1. The predicted molar refractivity (Wildman–Crippen MR) is 58.5 cm³/mol. The van der Waals surface area contributed by atoms with Crippen LogP contribution in [0.15, 0.2) is 18.2 Å². The van der Waals surface area contributed by atoms with Gasteiger partial charge in [0, 0.05) is 6.42 Å². The monoisotopic (exact) mass is 233 g/mol. The van der Waals surface area contributed by atoms with Crippen molar-refractivity contribution in [3.05, 3.63) is 29.0 Å². The Balaban J connectivity index is 2.76. The van der Waals surface area contributed by atoms with Gasteiger partial charge in [0.1, 0.15) is 5.82 Å². The Morgan fingerprint density at radius 1 is 1.57 bits per heavy atom. The smallest absolute Gasteiger partial charge is 0.225 e. The normalized spacial score (nSPS) is 9.93. The van der Waals surface area contributed by atoms with Gasteiger partial charge in [-0.3, -0.25) is 4.79 Å². The lowest BCUT2D eigenvalue weighted by Crippen LogP contribution is -2.12. The summed E-state index contributed by atoms with van der Waals surface area (Å²) < 4.78 is 12.9. The van der Waals surface area contributed by atoms with E-state index >= 15 is 0 Å². The van der Waals surface area contributed by atoms with Crippen molar-refractivity contribution >= 4 is 35.8 Å². The summed E-state index contributed by atoms with van der Waals surface area (Å²) in [4.78, 5) is 11.1. The molecule has 0 atom stereocenters. The quantitative estimate of drug-likeness (QED) is 0.773. The van der Waals surface area contributed by atoms with Gasteiger partial charge in [-0.2, -0.15) is 12.6 Å². The molecule has 0 radical (unpaired) electrons. The molecule has 0 bridgehead atoms. The summed E-state index contributed by atoms with van der Waals surface area (Å²) in [6, 6.07) is 4.26. The Morgan fingerprint density at radius 3 is 2.93 bits per heavy atom. The van der Waals surface area contributed by atoms with Gasteiger partial charge in [-0.05, 0) is 17.9 Å². The van der Waals surface area contributed by atoms with Gasteiger partial charge in [-0.25, -0.2) is 4.39 Å². The van der Waals surface area contributed by atoms with Crippen molar-refractivity contribution in [2.24, 2.45) is 0 Å². The second kappa shape index (κ2) is 5.22. The molecule has 0 aromatic heterocycles. The Labute approximate surface area is 91.9 Å². The molecule has 14 heavy (non-hydrogen) atoms. The van der Waals surface area contributed by atoms with E-state index in [1.165, 1.54) is 12.1 Å². The Hall–Kier alpha value is -0.740. The minimum atomic E-state index is -0.546. The number of amides is 1. The van der Waals surface area contributed by atoms with Gasteiger partial charge in [-0.1, -0.05) is 17.7 Å². The molecule has 0 spiro atoms. The van der Waals surface area contributed by atoms with E-state index < -0.39 is 5.82 Å². The second-order valence-corrected chi connectivity index (χ2v) is 3.45. The fourth-order valence-electron chi connectivity index (χ4n) is 0.915. The molecule has 0 aliphatic carbocycles. The van der Waals surface area contributed by atoms with Crippen LogP contribution in [0.4, 0.5) is 10.1 Å². The molecule has 1 rings (SSSR count). The molecule has 0 heterocycles. The highest BCUT2D eigenvalue weighted by Gasteiger charge is 2.07. The zero-order valence-corrected chi connectivity index (χ0v) is 8.91. The number of anilines is 1. The molecular formula is C9H9ClFNOS. The van der Waals surface area contributed by atoms with Gasteiger partial charge in [-0.15, -0.1) is 0 Å². The fourth-order valence-corrected chi connectivity index (χ4v) is 1.29. The standard InChI is InChI=1S/C9H9ClFNOS/c10-9-6(11)2-1-3-7(9)12-8(13)4-5-14/h1-3,14H,4-5H2,(H,12,13). The second-order valence-electron chi connectivity index (χ2n) is 2.62. The molecule has 0 fully saturated rings. The molecule has 0 saturated heterocycles. The van der Waals surface area contributed by atoms with Gasteiger partial charge in [0.05, 0.1) is 10.7 Å². The largest absolute Gasteiger partial charge is 0.325 e. The minimum absolute atomic E-state index is 0.0694. The molecule has 1 N–H and O–H groups in total. The topological polar surface area (TPSA) is 29.1 Å². The van der Waals surface area contributed by atoms with Crippen LogP contribution in [0.5, 0.6) is 0 Å². The van der Waals surface area contributed by atoms with E-state index in [2.05, 4.69) is 17.9 Å². The number of hydrogen-bond donors (Lipinski definition) is 2. The third kappa shape index (κ3) is 2.89. The minimum Gasteiger partial charge on any atom is -0.325 e. The summed E-state index contributed by atoms with van der Waals surface area (Å²) in [6.07, 6.45) is 0.274. The van der Waals surface area contributed by atoms with Crippen LogP contribution < -0.4 is 5.32 Å². The number of carbonyl (C=O) groups is 1. The van der Waals surface area contributed by atoms with Crippen LogP contribution in [0, 0.1) is 5.82 Å². The van der Waals surface area contributed by atoms with E-state index in [1.807, 2.05) is 0 Å². The lowest BCUT2D eigenvalue weighted by Gasteiger charge is -2.06. The lowest BCUT2D eigenvalue weighted by molar-refractivity contribution is -0.115. The molecule has 1 aromatic carbocycles. The Kier molecular flexibility index (Phi) is 4.22. The first-order valence-corrected chi connectivity index (χ1v) is 5.01. The molecule has 2 nitrogen and oxygen atoms in total. The van der Waals surface area contributed by atoms with Crippen molar-refractivity contribution in [2.75, 3.05) is 11.1 Å². The van der Waals surface area contributed by atoms with E-state index in [-0.39, 0.29) is 17.4 Å². The molecule has 1 aromatic rings. The zero-order valence-electron chi connectivity index (χ0n) is 7.26. The van der Waals surface area contributed by atoms with Crippen LogP contribution in [0.3, 0.4) is 0 Å². The number of nitrogens with one attached hydrogen (secondary N) is 1. The van der Waals surface area contributed by atoms with E-state index in [0.717, 1.165) is 0 Å². The Bertz CT molecular complexity index is 346. The van der Waals surface area contributed by atoms with Gasteiger partial charge in [0.25, 0.3) is 0 Å². The number of benzene rings is 1. The van der Waals surface area contributed by atoms with Gasteiger partial charge in [0.15, 0.2) is 0 Å². The van der Waals surface area contributed by atoms with E-state index in [4.69, 9.17) is 11.6 Å². The van der Waals surface area contributed by atoms with E-state index in [0.29, 0.717) is 11.4 Å². The third-order valence-electron chi connectivity index (χ3n) is 1.56. The molecule has 1 amide bonds. The van der Waals surface area contributed by atoms with Gasteiger partial charge < -0.3 is 5.32 Å². The summed E-state index contributed by atoms with van der Waals surface area (Å²) >= 11 is 9.53. The molecule has 0 unspecified atom stereocenters. The number of halogens is 2. The van der Waals surface area contributed by atoms with E-state index in [1.54, 1.807) is 6.07 Å². The SMILES string of the molecule is O=C(CCS)Nc1cccc(F)c1Cl. The highest BCUT2D eigenvalue weighted by Crippen LogP contribution is 2.24. The average Bonchev–Trinajstić information content (AvgIpc) is 2.13. The average molecular weight is 234 g/mol. The highest BCUT2D eigenvalue weighted by atomic mass is 35.5. The predicted octanol–water partition coefficient (Wildman–Crippen LogP) is 2.74.